The molecule has 6 nitrogen and oxygen atoms in total. The van der Waals surface area contributed by atoms with E-state index in [-0.39, 0.29) is 15.6 Å². The maximum absolute atomic E-state index is 12.0. The lowest BCUT2D eigenvalue weighted by molar-refractivity contribution is 0.603. The molecule has 0 bridgehead atoms. The molecule has 0 saturated heterocycles. The highest BCUT2D eigenvalue weighted by Crippen LogP contribution is 2.25. The molecule has 2 aromatic heterocycles. The molecule has 0 unspecified atom stereocenters. The second kappa shape index (κ2) is 4.64. The quantitative estimate of drug-likeness (QED) is 0.883. The fourth-order valence-corrected chi connectivity index (χ4v) is 3.41. The van der Waals surface area contributed by atoms with E-state index >= 15 is 0 Å². The predicted octanol–water partition coefficient (Wildman–Crippen LogP) is 1.40. The molecule has 8 heteroatoms. The first-order valence-corrected chi connectivity index (χ1v) is 7.05. The maximum Gasteiger partial charge on any atom is 0.271 e. The van der Waals surface area contributed by atoms with Crippen molar-refractivity contribution in [3.8, 4) is 6.07 Å². The van der Waals surface area contributed by atoms with Gasteiger partial charge in [0.05, 0.1) is 17.6 Å². The molecule has 3 N–H and O–H groups in total. The number of nitrogens with one attached hydrogen (secondary N) is 1. The average Bonchev–Trinajstić information content (AvgIpc) is 2.81. The van der Waals surface area contributed by atoms with E-state index in [9.17, 15) is 8.42 Å². The van der Waals surface area contributed by atoms with Crippen LogP contribution in [0.2, 0.25) is 0 Å². The van der Waals surface area contributed by atoms with Gasteiger partial charge in [-0.05, 0) is 18.2 Å². The normalized spacial score (nSPS) is 10.8. The molecule has 0 aliphatic carbocycles. The largest absolute Gasteiger partial charge is 0.396 e. The Balaban J connectivity index is 2.34. The van der Waals surface area contributed by atoms with Gasteiger partial charge in [-0.2, -0.15) is 5.26 Å². The molecule has 0 spiro atoms. The van der Waals surface area contributed by atoms with Crippen LogP contribution in [0.25, 0.3) is 0 Å². The number of nitrogens with zero attached hydrogens (tertiary/aromatic N) is 2. The van der Waals surface area contributed by atoms with Crippen molar-refractivity contribution in [2.45, 2.75) is 4.21 Å². The van der Waals surface area contributed by atoms with Crippen LogP contribution in [0.1, 0.15) is 4.88 Å². The molecule has 0 aliphatic rings. The molecule has 0 radical (unpaired) electrons. The first-order valence-electron chi connectivity index (χ1n) is 4.75. The summed E-state index contributed by atoms with van der Waals surface area (Å²) >= 11 is 0.897. The molecule has 2 aromatic rings. The van der Waals surface area contributed by atoms with E-state index < -0.39 is 10.0 Å². The molecule has 0 atom stereocenters. The number of hydrogen-bond donors (Lipinski definition) is 2. The lowest BCUT2D eigenvalue weighted by Gasteiger charge is -2.07. The van der Waals surface area contributed by atoms with Crippen molar-refractivity contribution in [1.82, 2.24) is 4.98 Å². The van der Waals surface area contributed by atoms with Crippen LogP contribution in [0.3, 0.4) is 0 Å². The van der Waals surface area contributed by atoms with Gasteiger partial charge in [-0.25, -0.2) is 8.42 Å². The molecule has 2 heterocycles. The van der Waals surface area contributed by atoms with Crippen LogP contribution in [0, 0.1) is 11.3 Å². The van der Waals surface area contributed by atoms with Gasteiger partial charge in [0.15, 0.2) is 0 Å². The van der Waals surface area contributed by atoms with Crippen LogP contribution < -0.4 is 10.5 Å². The van der Waals surface area contributed by atoms with Crippen LogP contribution in [-0.4, -0.2) is 13.4 Å². The van der Waals surface area contributed by atoms with Crippen LogP contribution >= 0.6 is 11.3 Å². The number of thiophene rings is 1. The maximum atomic E-state index is 12.0. The lowest BCUT2D eigenvalue weighted by Crippen LogP contribution is -2.12. The SMILES string of the molecule is N#Cc1ccc(S(=O)(=O)Nc2ccncc2N)s1. The smallest absolute Gasteiger partial charge is 0.271 e. The van der Waals surface area contributed by atoms with E-state index in [1.807, 2.05) is 6.07 Å². The monoisotopic (exact) mass is 280 g/mol. The highest BCUT2D eigenvalue weighted by molar-refractivity contribution is 7.94. The Kier molecular flexibility index (Phi) is 3.18. The Morgan fingerprint density at radius 3 is 2.78 bits per heavy atom. The zero-order valence-corrected chi connectivity index (χ0v) is 10.6. The summed E-state index contributed by atoms with van der Waals surface area (Å²) in [5.74, 6) is 0. The molecule has 0 aromatic carbocycles. The Morgan fingerprint density at radius 2 is 2.17 bits per heavy atom. The summed E-state index contributed by atoms with van der Waals surface area (Å²) in [5.41, 5.74) is 6.09. The average molecular weight is 280 g/mol. The number of rotatable bonds is 3. The number of hydrogen-bond acceptors (Lipinski definition) is 6. The standard InChI is InChI=1S/C10H8N4O2S2/c11-5-7-1-2-10(17-7)18(15,16)14-9-3-4-13-6-8(9)12/h1-4,6H,12H2,(H,13,14). The van der Waals surface area contributed by atoms with Crippen LogP contribution in [0.4, 0.5) is 11.4 Å². The van der Waals surface area contributed by atoms with Gasteiger partial charge in [0.25, 0.3) is 10.0 Å². The van der Waals surface area contributed by atoms with E-state index in [2.05, 4.69) is 9.71 Å². The van der Waals surface area contributed by atoms with Gasteiger partial charge in [-0.3, -0.25) is 9.71 Å². The lowest BCUT2D eigenvalue weighted by atomic mass is 10.4. The second-order valence-electron chi connectivity index (χ2n) is 3.30. The highest BCUT2D eigenvalue weighted by atomic mass is 32.2. The number of nitrogen functional groups attached to an aromatic ring is 1. The Morgan fingerprint density at radius 1 is 1.39 bits per heavy atom. The number of pyridine rings is 1. The molecule has 0 amide bonds. The summed E-state index contributed by atoms with van der Waals surface area (Å²) in [6.45, 7) is 0. The minimum Gasteiger partial charge on any atom is -0.396 e. The van der Waals surface area contributed by atoms with Crippen molar-refractivity contribution in [1.29, 1.82) is 5.26 Å². The Hall–Kier alpha value is -2.11. The Bertz CT molecular complexity index is 715. The van der Waals surface area contributed by atoms with Crippen molar-refractivity contribution in [2.75, 3.05) is 10.5 Å². The van der Waals surface area contributed by atoms with Gasteiger partial charge in [0, 0.05) is 6.20 Å². The summed E-state index contributed by atoms with van der Waals surface area (Å²) in [5, 5.41) is 8.67. The first-order chi connectivity index (χ1) is 8.53. The van der Waals surface area contributed by atoms with Gasteiger partial charge in [0.1, 0.15) is 15.2 Å². The number of anilines is 2. The molecule has 2 rings (SSSR count). The topological polar surface area (TPSA) is 109 Å². The van der Waals surface area contributed by atoms with Crippen LogP contribution in [0.5, 0.6) is 0 Å². The summed E-state index contributed by atoms with van der Waals surface area (Å²) in [6, 6.07) is 6.18. The summed E-state index contributed by atoms with van der Waals surface area (Å²) in [6.07, 6.45) is 2.79. The number of nitrogens with two attached hydrogens (primary N) is 1. The van der Waals surface area contributed by atoms with Gasteiger partial charge in [-0.1, -0.05) is 0 Å². The molecule has 0 aliphatic heterocycles. The van der Waals surface area contributed by atoms with Gasteiger partial charge < -0.3 is 5.73 Å². The van der Waals surface area contributed by atoms with Crippen molar-refractivity contribution < 1.29 is 8.42 Å². The number of aromatic nitrogens is 1. The number of sulfonamides is 1. The molecule has 92 valence electrons. The summed E-state index contributed by atoms with van der Waals surface area (Å²) in [4.78, 5) is 4.10. The number of nitriles is 1. The van der Waals surface area contributed by atoms with Crippen LogP contribution in [0.15, 0.2) is 34.8 Å². The van der Waals surface area contributed by atoms with Crippen molar-refractivity contribution in [2.24, 2.45) is 0 Å². The second-order valence-corrected chi connectivity index (χ2v) is 6.29. The minimum absolute atomic E-state index is 0.0651. The fourth-order valence-electron chi connectivity index (χ4n) is 1.22. The third-order valence-electron chi connectivity index (χ3n) is 2.05. The van der Waals surface area contributed by atoms with E-state index in [0.29, 0.717) is 4.88 Å². The zero-order chi connectivity index (χ0) is 13.2. The van der Waals surface area contributed by atoms with E-state index in [4.69, 9.17) is 11.0 Å². The van der Waals surface area contributed by atoms with E-state index in [1.165, 1.54) is 30.6 Å². The zero-order valence-electron chi connectivity index (χ0n) is 8.99. The third kappa shape index (κ3) is 2.42. The fraction of sp³-hybridized carbons (Fsp3) is 0. The van der Waals surface area contributed by atoms with Crippen molar-refractivity contribution >= 4 is 32.7 Å². The van der Waals surface area contributed by atoms with Crippen LogP contribution in [-0.2, 0) is 10.0 Å². The Labute approximate surface area is 108 Å². The van der Waals surface area contributed by atoms with Gasteiger partial charge in [0.2, 0.25) is 0 Å². The minimum atomic E-state index is -3.72. The van der Waals surface area contributed by atoms with Gasteiger partial charge >= 0.3 is 0 Å². The first kappa shape index (κ1) is 12.3. The van der Waals surface area contributed by atoms with E-state index in [0.717, 1.165) is 11.3 Å². The highest BCUT2D eigenvalue weighted by Gasteiger charge is 2.17. The summed E-state index contributed by atoms with van der Waals surface area (Å²) in [7, 11) is -3.72. The molecular weight excluding hydrogens is 272 g/mol. The molecular formula is C10H8N4O2S2. The molecule has 18 heavy (non-hydrogen) atoms. The van der Waals surface area contributed by atoms with E-state index in [1.54, 1.807) is 0 Å². The van der Waals surface area contributed by atoms with Crippen molar-refractivity contribution in [3.63, 3.8) is 0 Å². The summed E-state index contributed by atoms with van der Waals surface area (Å²) < 4.78 is 26.4. The van der Waals surface area contributed by atoms with Crippen molar-refractivity contribution in [3.05, 3.63) is 35.5 Å². The van der Waals surface area contributed by atoms with Gasteiger partial charge in [-0.15, -0.1) is 11.3 Å². The third-order valence-corrected chi connectivity index (χ3v) is 4.90. The molecule has 0 fully saturated rings. The predicted molar refractivity (Wildman–Crippen MR) is 68.5 cm³/mol. The molecule has 0 saturated carbocycles.